The lowest BCUT2D eigenvalue weighted by Gasteiger charge is -2.40. The van der Waals surface area contributed by atoms with Gasteiger partial charge >= 0.3 is 0 Å². The fourth-order valence-corrected chi connectivity index (χ4v) is 4.04. The maximum atomic E-state index is 6.01. The molecule has 0 saturated carbocycles. The number of likely N-dealkylation sites (tertiary alicyclic amines) is 1. The molecule has 0 radical (unpaired) electrons. The van der Waals surface area contributed by atoms with Gasteiger partial charge in [-0.3, -0.25) is 4.98 Å². The monoisotopic (exact) mass is 330 g/mol. The highest BCUT2D eigenvalue weighted by Crippen LogP contribution is 2.25. The second kappa shape index (κ2) is 6.62. The zero-order valence-electron chi connectivity index (χ0n) is 13.4. The summed E-state index contributed by atoms with van der Waals surface area (Å²) in [7, 11) is 0. The lowest BCUT2D eigenvalue weighted by atomic mass is 10.00. The van der Waals surface area contributed by atoms with E-state index in [1.54, 1.807) is 0 Å². The zero-order chi connectivity index (χ0) is 15.6. The number of anilines is 1. The van der Waals surface area contributed by atoms with E-state index in [-0.39, 0.29) is 0 Å². The lowest BCUT2D eigenvalue weighted by molar-refractivity contribution is 0.141. The molecule has 0 aliphatic carbocycles. The third-order valence-corrected chi connectivity index (χ3v) is 5.42. The third kappa shape index (κ3) is 3.29. The zero-order valence-corrected chi connectivity index (χ0v) is 14.2. The number of hydrogen-bond acceptors (Lipinski definition) is 4. The molecular weight excluding hydrogens is 308 g/mol. The normalized spacial score (nSPS) is 21.0. The highest BCUT2D eigenvalue weighted by Gasteiger charge is 2.26. The van der Waals surface area contributed by atoms with E-state index in [0.717, 1.165) is 36.0 Å². The molecule has 2 fully saturated rings. The molecular formula is C18H23ClN4. The molecule has 122 valence electrons. The van der Waals surface area contributed by atoms with Crippen molar-refractivity contribution in [1.29, 1.82) is 0 Å². The fourth-order valence-electron chi connectivity index (χ4n) is 3.87. The summed E-state index contributed by atoms with van der Waals surface area (Å²) in [5.41, 5.74) is 1.79. The minimum atomic E-state index is 0.710. The van der Waals surface area contributed by atoms with E-state index in [4.69, 9.17) is 16.6 Å². The molecule has 0 spiro atoms. The van der Waals surface area contributed by atoms with Gasteiger partial charge in [0.1, 0.15) is 5.82 Å². The van der Waals surface area contributed by atoms with E-state index in [2.05, 4.69) is 14.8 Å². The van der Waals surface area contributed by atoms with Crippen molar-refractivity contribution in [1.82, 2.24) is 14.9 Å². The maximum Gasteiger partial charge on any atom is 0.147 e. The summed E-state index contributed by atoms with van der Waals surface area (Å²) in [6, 6.07) is 6.47. The minimum absolute atomic E-state index is 0.710. The number of hydrogen-bond donors (Lipinski definition) is 0. The van der Waals surface area contributed by atoms with Gasteiger partial charge in [-0.1, -0.05) is 18.0 Å². The molecule has 3 heterocycles. The van der Waals surface area contributed by atoms with Crippen molar-refractivity contribution in [3.63, 3.8) is 0 Å². The summed E-state index contributed by atoms with van der Waals surface area (Å²) in [5, 5.41) is 0.710. The molecule has 23 heavy (non-hydrogen) atoms. The molecule has 1 aromatic carbocycles. The molecule has 2 saturated heterocycles. The number of fused-ring (bicyclic) bond motifs is 1. The van der Waals surface area contributed by atoms with E-state index < -0.39 is 0 Å². The average Bonchev–Trinajstić information content (AvgIpc) is 2.62. The first-order valence-electron chi connectivity index (χ1n) is 8.71. The van der Waals surface area contributed by atoms with Gasteiger partial charge in [-0.05, 0) is 57.0 Å². The van der Waals surface area contributed by atoms with Gasteiger partial charge in [0.2, 0.25) is 0 Å². The van der Waals surface area contributed by atoms with Gasteiger partial charge < -0.3 is 9.80 Å². The van der Waals surface area contributed by atoms with Crippen molar-refractivity contribution in [2.75, 3.05) is 31.1 Å². The standard InChI is InChI=1S/C18H23ClN4/c19-14-4-5-16-17(12-14)20-13-18(21-16)23-10-6-15(7-11-23)22-8-2-1-3-9-22/h4-5,12-13,15H,1-3,6-11H2. The van der Waals surface area contributed by atoms with E-state index in [0.29, 0.717) is 5.02 Å². The number of benzene rings is 1. The molecule has 0 bridgehead atoms. The molecule has 2 aliphatic heterocycles. The minimum Gasteiger partial charge on any atom is -0.355 e. The molecule has 0 atom stereocenters. The Bertz CT molecular complexity index is 676. The Labute approximate surface area is 142 Å². The van der Waals surface area contributed by atoms with Crippen LogP contribution in [0.15, 0.2) is 24.4 Å². The van der Waals surface area contributed by atoms with Crippen molar-refractivity contribution in [3.8, 4) is 0 Å². The van der Waals surface area contributed by atoms with Gasteiger partial charge in [-0.2, -0.15) is 0 Å². The summed E-state index contributed by atoms with van der Waals surface area (Å²) < 4.78 is 0. The number of nitrogens with zero attached hydrogens (tertiary/aromatic N) is 4. The largest absolute Gasteiger partial charge is 0.355 e. The Morgan fingerprint density at radius 3 is 2.52 bits per heavy atom. The van der Waals surface area contributed by atoms with Gasteiger partial charge in [-0.15, -0.1) is 0 Å². The Morgan fingerprint density at radius 1 is 0.957 bits per heavy atom. The van der Waals surface area contributed by atoms with E-state index in [9.17, 15) is 0 Å². The second-order valence-corrected chi connectivity index (χ2v) is 7.11. The van der Waals surface area contributed by atoms with E-state index >= 15 is 0 Å². The van der Waals surface area contributed by atoms with Gasteiger partial charge in [0.25, 0.3) is 0 Å². The summed E-state index contributed by atoms with van der Waals surface area (Å²) in [5.74, 6) is 0.997. The Balaban J connectivity index is 1.44. The van der Waals surface area contributed by atoms with Crippen LogP contribution < -0.4 is 4.90 Å². The molecule has 4 rings (SSSR count). The average molecular weight is 331 g/mol. The van der Waals surface area contributed by atoms with Crippen molar-refractivity contribution in [3.05, 3.63) is 29.4 Å². The predicted octanol–water partition coefficient (Wildman–Crippen LogP) is 3.74. The molecule has 1 aromatic heterocycles. The van der Waals surface area contributed by atoms with Gasteiger partial charge in [-0.25, -0.2) is 4.98 Å². The second-order valence-electron chi connectivity index (χ2n) is 6.68. The van der Waals surface area contributed by atoms with Gasteiger partial charge in [0, 0.05) is 24.2 Å². The summed E-state index contributed by atoms with van der Waals surface area (Å²) in [6.07, 6.45) is 8.52. The molecule has 5 heteroatoms. The van der Waals surface area contributed by atoms with Crippen LogP contribution in [0.1, 0.15) is 32.1 Å². The highest BCUT2D eigenvalue weighted by molar-refractivity contribution is 6.31. The van der Waals surface area contributed by atoms with E-state index in [1.807, 2.05) is 24.4 Å². The van der Waals surface area contributed by atoms with Crippen LogP contribution in [0.4, 0.5) is 5.82 Å². The highest BCUT2D eigenvalue weighted by atomic mass is 35.5. The van der Waals surface area contributed by atoms with E-state index in [1.165, 1.54) is 45.2 Å². The maximum absolute atomic E-state index is 6.01. The molecule has 0 N–H and O–H groups in total. The smallest absolute Gasteiger partial charge is 0.147 e. The van der Waals surface area contributed by atoms with Crippen LogP contribution in [0.25, 0.3) is 11.0 Å². The number of aromatic nitrogens is 2. The van der Waals surface area contributed by atoms with Crippen molar-refractivity contribution >= 4 is 28.5 Å². The molecule has 4 nitrogen and oxygen atoms in total. The first kappa shape index (κ1) is 15.2. The summed E-state index contributed by atoms with van der Waals surface area (Å²) in [6.45, 7) is 4.74. The van der Waals surface area contributed by atoms with Crippen LogP contribution in [-0.4, -0.2) is 47.1 Å². The molecule has 0 unspecified atom stereocenters. The molecule has 2 aromatic rings. The Morgan fingerprint density at radius 2 is 1.74 bits per heavy atom. The van der Waals surface area contributed by atoms with Crippen molar-refractivity contribution in [2.24, 2.45) is 0 Å². The lowest BCUT2D eigenvalue weighted by Crippen LogP contribution is -2.46. The SMILES string of the molecule is Clc1ccc2nc(N3CCC(N4CCCCC4)CC3)cnc2c1. The van der Waals surface area contributed by atoms with Crippen LogP contribution in [0, 0.1) is 0 Å². The van der Waals surface area contributed by atoms with Crippen LogP contribution in [0.2, 0.25) is 5.02 Å². The topological polar surface area (TPSA) is 32.3 Å². The summed E-state index contributed by atoms with van der Waals surface area (Å²) >= 11 is 6.01. The third-order valence-electron chi connectivity index (χ3n) is 5.19. The van der Waals surface area contributed by atoms with Crippen molar-refractivity contribution < 1.29 is 0 Å². The first-order chi connectivity index (χ1) is 11.3. The summed E-state index contributed by atoms with van der Waals surface area (Å²) in [4.78, 5) is 14.4. The predicted molar refractivity (Wildman–Crippen MR) is 95.2 cm³/mol. The quantitative estimate of drug-likeness (QED) is 0.839. The van der Waals surface area contributed by atoms with Crippen LogP contribution in [0.3, 0.4) is 0 Å². The van der Waals surface area contributed by atoms with Crippen LogP contribution >= 0.6 is 11.6 Å². The Hall–Kier alpha value is -1.39. The number of piperidine rings is 2. The van der Waals surface area contributed by atoms with Crippen LogP contribution in [-0.2, 0) is 0 Å². The fraction of sp³-hybridized carbons (Fsp3) is 0.556. The van der Waals surface area contributed by atoms with Gasteiger partial charge in [0.05, 0.1) is 17.2 Å². The van der Waals surface area contributed by atoms with Crippen molar-refractivity contribution in [2.45, 2.75) is 38.1 Å². The van der Waals surface area contributed by atoms with Crippen LogP contribution in [0.5, 0.6) is 0 Å². The number of rotatable bonds is 2. The number of halogens is 1. The van der Waals surface area contributed by atoms with Gasteiger partial charge in [0.15, 0.2) is 0 Å². The first-order valence-corrected chi connectivity index (χ1v) is 9.09. The molecule has 0 amide bonds. The molecule has 2 aliphatic rings. The Kier molecular flexibility index (Phi) is 4.36.